The van der Waals surface area contributed by atoms with Crippen LogP contribution in [0.5, 0.6) is 0 Å². The number of hydrogen-bond donors (Lipinski definition) is 0. The van der Waals surface area contributed by atoms with Crippen LogP contribution >= 0.6 is 0 Å². The number of carbonyl (C=O) groups is 2. The van der Waals surface area contributed by atoms with E-state index in [0.29, 0.717) is 25.9 Å². The van der Waals surface area contributed by atoms with Crippen LogP contribution in [0.3, 0.4) is 0 Å². The van der Waals surface area contributed by atoms with Crippen molar-refractivity contribution in [1.82, 2.24) is 9.88 Å². The lowest BCUT2D eigenvalue weighted by molar-refractivity contribution is -0.153. The van der Waals surface area contributed by atoms with Gasteiger partial charge in [-0.2, -0.15) is 0 Å². The molecule has 0 radical (unpaired) electrons. The minimum atomic E-state index is -0.596. The average molecular weight is 276 g/mol. The maximum Gasteiger partial charge on any atom is 0.306 e. The number of esters is 1. The molecule has 1 atom stereocenters. The van der Waals surface area contributed by atoms with Crippen LogP contribution in [-0.2, 0) is 20.9 Å². The van der Waals surface area contributed by atoms with Gasteiger partial charge in [-0.15, -0.1) is 0 Å². The fourth-order valence-corrected chi connectivity index (χ4v) is 2.23. The number of rotatable bonds is 6. The lowest BCUT2D eigenvalue weighted by Crippen LogP contribution is -2.39. The largest absolute Gasteiger partial charge is 0.452 e. The molecule has 0 N–H and O–H groups in total. The number of pyridine rings is 1. The van der Waals surface area contributed by atoms with Crippen molar-refractivity contribution in [2.45, 2.75) is 45.3 Å². The van der Waals surface area contributed by atoms with E-state index in [1.54, 1.807) is 17.3 Å². The van der Waals surface area contributed by atoms with Gasteiger partial charge >= 0.3 is 5.97 Å². The van der Waals surface area contributed by atoms with Gasteiger partial charge in [0.2, 0.25) is 0 Å². The van der Waals surface area contributed by atoms with Gasteiger partial charge in [-0.25, -0.2) is 0 Å². The van der Waals surface area contributed by atoms with Crippen molar-refractivity contribution in [1.29, 1.82) is 0 Å². The summed E-state index contributed by atoms with van der Waals surface area (Å²) in [5.74, 6) is -0.358. The van der Waals surface area contributed by atoms with Gasteiger partial charge in [0.05, 0.1) is 0 Å². The van der Waals surface area contributed by atoms with Gasteiger partial charge in [-0.3, -0.25) is 14.6 Å². The molecular weight excluding hydrogens is 256 g/mol. The first kappa shape index (κ1) is 14.5. The molecule has 0 saturated carbocycles. The number of aromatic nitrogens is 1. The summed E-state index contributed by atoms with van der Waals surface area (Å²) in [5.41, 5.74) is 1.04. The van der Waals surface area contributed by atoms with Crippen LogP contribution in [0.1, 0.15) is 38.2 Å². The molecule has 2 heterocycles. The summed E-state index contributed by atoms with van der Waals surface area (Å²) in [6.45, 7) is 3.31. The quantitative estimate of drug-likeness (QED) is 0.745. The summed E-state index contributed by atoms with van der Waals surface area (Å²) in [4.78, 5) is 29.3. The van der Waals surface area contributed by atoms with Crippen LogP contribution in [0.25, 0.3) is 0 Å². The Kier molecular flexibility index (Phi) is 5.09. The van der Waals surface area contributed by atoms with Gasteiger partial charge < -0.3 is 9.64 Å². The van der Waals surface area contributed by atoms with Crippen LogP contribution in [0.15, 0.2) is 24.5 Å². The van der Waals surface area contributed by atoms with E-state index in [0.717, 1.165) is 18.4 Å². The minimum Gasteiger partial charge on any atom is -0.452 e. The molecule has 0 bridgehead atoms. The molecule has 1 amide bonds. The average Bonchev–Trinajstić information content (AvgIpc) is 2.90. The number of amides is 1. The Morgan fingerprint density at radius 1 is 1.45 bits per heavy atom. The monoisotopic (exact) mass is 276 g/mol. The standard InChI is InChI=1S/C15H20N2O3/c1-2-3-10-17(11-12-6-8-16-9-7-12)15(19)13-4-5-14(18)20-13/h6-9,13H,2-5,10-11H2,1H3/t13-/m0/s1. The van der Waals surface area contributed by atoms with E-state index in [1.807, 2.05) is 12.1 Å². The third-order valence-corrected chi connectivity index (χ3v) is 3.38. The van der Waals surface area contributed by atoms with Crippen LogP contribution < -0.4 is 0 Å². The van der Waals surface area contributed by atoms with Gasteiger partial charge in [0.25, 0.3) is 5.91 Å². The van der Waals surface area contributed by atoms with E-state index in [-0.39, 0.29) is 11.9 Å². The zero-order valence-electron chi connectivity index (χ0n) is 11.7. The Morgan fingerprint density at radius 2 is 2.20 bits per heavy atom. The molecule has 1 aliphatic heterocycles. The van der Waals surface area contributed by atoms with Crippen molar-refractivity contribution in [3.8, 4) is 0 Å². The van der Waals surface area contributed by atoms with E-state index in [1.165, 1.54) is 0 Å². The van der Waals surface area contributed by atoms with Gasteiger partial charge in [0.1, 0.15) is 0 Å². The Balaban J connectivity index is 2.02. The van der Waals surface area contributed by atoms with E-state index >= 15 is 0 Å². The highest BCUT2D eigenvalue weighted by Gasteiger charge is 2.32. The summed E-state index contributed by atoms with van der Waals surface area (Å²) in [5, 5.41) is 0. The molecule has 1 saturated heterocycles. The molecule has 0 aliphatic carbocycles. The number of ether oxygens (including phenoxy) is 1. The summed E-state index contributed by atoms with van der Waals surface area (Å²) in [7, 11) is 0. The zero-order valence-corrected chi connectivity index (χ0v) is 11.7. The second kappa shape index (κ2) is 7.03. The third-order valence-electron chi connectivity index (χ3n) is 3.38. The number of hydrogen-bond acceptors (Lipinski definition) is 4. The number of carbonyl (C=O) groups excluding carboxylic acids is 2. The molecule has 1 aromatic rings. The second-order valence-corrected chi connectivity index (χ2v) is 4.99. The molecule has 108 valence electrons. The number of nitrogens with zero attached hydrogens (tertiary/aromatic N) is 2. The Labute approximate surface area is 118 Å². The molecule has 0 spiro atoms. The second-order valence-electron chi connectivity index (χ2n) is 4.99. The molecule has 0 unspecified atom stereocenters. The predicted molar refractivity (Wildman–Crippen MR) is 73.7 cm³/mol. The van der Waals surface area contributed by atoms with E-state index in [4.69, 9.17) is 4.74 Å². The Hall–Kier alpha value is -1.91. The van der Waals surface area contributed by atoms with Crippen molar-refractivity contribution in [2.75, 3.05) is 6.54 Å². The lowest BCUT2D eigenvalue weighted by atomic mass is 10.1. The molecule has 1 fully saturated rings. The SMILES string of the molecule is CCCCN(Cc1ccncc1)C(=O)[C@@H]1CCC(=O)O1. The summed E-state index contributed by atoms with van der Waals surface area (Å²) in [6.07, 6.45) is 5.63. The van der Waals surface area contributed by atoms with Gasteiger partial charge in [-0.1, -0.05) is 13.3 Å². The number of unbranched alkanes of at least 4 members (excludes halogenated alkanes) is 1. The van der Waals surface area contributed by atoms with Gasteiger partial charge in [0, 0.05) is 38.3 Å². The smallest absolute Gasteiger partial charge is 0.306 e. The molecule has 0 aromatic carbocycles. The van der Waals surface area contributed by atoms with Crippen molar-refractivity contribution < 1.29 is 14.3 Å². The topological polar surface area (TPSA) is 59.5 Å². The van der Waals surface area contributed by atoms with Gasteiger partial charge in [0.15, 0.2) is 6.10 Å². The van der Waals surface area contributed by atoms with E-state index < -0.39 is 6.10 Å². The first-order valence-corrected chi connectivity index (χ1v) is 7.08. The highest BCUT2D eigenvalue weighted by atomic mass is 16.6. The summed E-state index contributed by atoms with van der Waals surface area (Å²) in [6, 6.07) is 3.79. The van der Waals surface area contributed by atoms with Gasteiger partial charge in [-0.05, 0) is 24.1 Å². The Morgan fingerprint density at radius 3 is 2.80 bits per heavy atom. The van der Waals surface area contributed by atoms with E-state index in [9.17, 15) is 9.59 Å². The molecule has 20 heavy (non-hydrogen) atoms. The molecule has 1 aromatic heterocycles. The van der Waals surface area contributed by atoms with Crippen LogP contribution in [0, 0.1) is 0 Å². The fourth-order valence-electron chi connectivity index (χ4n) is 2.23. The maximum absolute atomic E-state index is 12.4. The highest BCUT2D eigenvalue weighted by molar-refractivity contribution is 5.86. The summed E-state index contributed by atoms with van der Waals surface area (Å²) < 4.78 is 5.08. The number of cyclic esters (lactones) is 1. The van der Waals surface area contributed by atoms with Crippen molar-refractivity contribution in [3.05, 3.63) is 30.1 Å². The third kappa shape index (κ3) is 3.79. The van der Waals surface area contributed by atoms with Crippen molar-refractivity contribution in [2.24, 2.45) is 0 Å². The normalized spacial score (nSPS) is 17.9. The van der Waals surface area contributed by atoms with Crippen LogP contribution in [0.4, 0.5) is 0 Å². The van der Waals surface area contributed by atoms with Crippen LogP contribution in [-0.4, -0.2) is 34.4 Å². The highest BCUT2D eigenvalue weighted by Crippen LogP contribution is 2.18. The predicted octanol–water partition coefficient (Wildman–Crippen LogP) is 1.92. The summed E-state index contributed by atoms with van der Waals surface area (Å²) >= 11 is 0. The minimum absolute atomic E-state index is 0.0823. The maximum atomic E-state index is 12.4. The molecule has 2 rings (SSSR count). The van der Waals surface area contributed by atoms with Crippen molar-refractivity contribution in [3.63, 3.8) is 0 Å². The molecule has 5 nitrogen and oxygen atoms in total. The first-order valence-electron chi connectivity index (χ1n) is 7.08. The molecule has 5 heteroatoms. The molecule has 1 aliphatic rings. The van der Waals surface area contributed by atoms with Crippen LogP contribution in [0.2, 0.25) is 0 Å². The van der Waals surface area contributed by atoms with E-state index in [2.05, 4.69) is 11.9 Å². The lowest BCUT2D eigenvalue weighted by Gasteiger charge is -2.25. The fraction of sp³-hybridized carbons (Fsp3) is 0.533. The van der Waals surface area contributed by atoms with Crippen molar-refractivity contribution >= 4 is 11.9 Å². The Bertz CT molecular complexity index is 461. The zero-order chi connectivity index (χ0) is 14.4. The molecular formula is C15H20N2O3. The first-order chi connectivity index (χ1) is 9.70.